The predicted octanol–water partition coefficient (Wildman–Crippen LogP) is 6.40. The number of allylic oxidation sites excluding steroid dienone is 2. The number of nitrogens with zero attached hydrogens (tertiary/aromatic N) is 2. The fourth-order valence-electron chi connectivity index (χ4n) is 4.29. The van der Waals surface area contributed by atoms with Gasteiger partial charge in [0, 0.05) is 41.5 Å². The number of hydrogen-bond acceptors (Lipinski definition) is 3. The van der Waals surface area contributed by atoms with Crippen molar-refractivity contribution in [3.8, 4) is 11.1 Å². The number of nitrogens with one attached hydrogen (secondary N) is 1. The first-order valence-electron chi connectivity index (χ1n) is 9.64. The summed E-state index contributed by atoms with van der Waals surface area (Å²) < 4.78 is 0. The van der Waals surface area contributed by atoms with E-state index in [2.05, 4.69) is 56.1 Å². The lowest BCUT2D eigenvalue weighted by atomic mass is 9.93. The van der Waals surface area contributed by atoms with Crippen LogP contribution in [0, 0.1) is 0 Å². The standard InChI is InChI=1S/C22H22ClN3S/c23-21-11-15(6-8-26(21)18-4-2-1-3-5-18)20-13-25-22-19(20)10-17(12-24-22)16-7-9-27-14-16/h6-7,9-14,18H,1-5,8H2,(H,24,25). The first-order valence-corrected chi connectivity index (χ1v) is 11.0. The molecule has 1 aliphatic carbocycles. The van der Waals surface area contributed by atoms with Gasteiger partial charge in [-0.25, -0.2) is 4.98 Å². The van der Waals surface area contributed by atoms with Gasteiger partial charge in [-0.05, 0) is 52.9 Å². The van der Waals surface area contributed by atoms with Gasteiger partial charge in [0.1, 0.15) is 10.8 Å². The summed E-state index contributed by atoms with van der Waals surface area (Å²) >= 11 is 8.42. The van der Waals surface area contributed by atoms with Crippen molar-refractivity contribution in [3.05, 3.63) is 58.2 Å². The second-order valence-electron chi connectivity index (χ2n) is 7.41. The summed E-state index contributed by atoms with van der Waals surface area (Å²) in [6.45, 7) is 0.889. The van der Waals surface area contributed by atoms with Gasteiger partial charge in [-0.2, -0.15) is 11.3 Å². The van der Waals surface area contributed by atoms with Crippen LogP contribution >= 0.6 is 22.9 Å². The van der Waals surface area contributed by atoms with E-state index in [9.17, 15) is 0 Å². The fourth-order valence-corrected chi connectivity index (χ4v) is 5.28. The van der Waals surface area contributed by atoms with Crippen LogP contribution in [-0.4, -0.2) is 27.5 Å². The largest absolute Gasteiger partial charge is 0.356 e. The van der Waals surface area contributed by atoms with Gasteiger partial charge in [0.15, 0.2) is 0 Å². The molecular weight excluding hydrogens is 374 g/mol. The third-order valence-corrected chi connectivity index (χ3v) is 6.78. The van der Waals surface area contributed by atoms with E-state index in [1.54, 1.807) is 11.3 Å². The number of rotatable bonds is 3. The molecule has 3 aromatic rings. The zero-order valence-electron chi connectivity index (χ0n) is 15.1. The van der Waals surface area contributed by atoms with E-state index >= 15 is 0 Å². The van der Waals surface area contributed by atoms with E-state index in [0.717, 1.165) is 28.3 Å². The highest BCUT2D eigenvalue weighted by Crippen LogP contribution is 2.35. The Morgan fingerprint density at radius 2 is 2.07 bits per heavy atom. The summed E-state index contributed by atoms with van der Waals surface area (Å²) in [5.74, 6) is 0. The summed E-state index contributed by atoms with van der Waals surface area (Å²) in [6.07, 6.45) is 14.9. The van der Waals surface area contributed by atoms with Gasteiger partial charge in [0.2, 0.25) is 0 Å². The number of hydrogen-bond donors (Lipinski definition) is 1. The van der Waals surface area contributed by atoms with Crippen LogP contribution in [0.3, 0.4) is 0 Å². The van der Waals surface area contributed by atoms with E-state index in [0.29, 0.717) is 6.04 Å². The Morgan fingerprint density at radius 1 is 1.19 bits per heavy atom. The molecular formula is C22H22ClN3S. The Balaban J connectivity index is 1.47. The number of fused-ring (bicyclic) bond motifs is 1. The molecule has 5 rings (SSSR count). The van der Waals surface area contributed by atoms with E-state index in [4.69, 9.17) is 11.6 Å². The van der Waals surface area contributed by atoms with Crippen molar-refractivity contribution in [1.29, 1.82) is 0 Å². The quantitative estimate of drug-likeness (QED) is 0.520. The summed E-state index contributed by atoms with van der Waals surface area (Å²) in [5, 5.41) is 6.28. The average molecular weight is 396 g/mol. The van der Waals surface area contributed by atoms with Crippen molar-refractivity contribution in [1.82, 2.24) is 14.9 Å². The van der Waals surface area contributed by atoms with Crippen molar-refractivity contribution in [3.63, 3.8) is 0 Å². The Morgan fingerprint density at radius 3 is 2.85 bits per heavy atom. The summed E-state index contributed by atoms with van der Waals surface area (Å²) in [4.78, 5) is 10.3. The number of H-pyrrole nitrogens is 1. The molecule has 0 bridgehead atoms. The first-order chi connectivity index (χ1) is 13.3. The van der Waals surface area contributed by atoms with E-state index in [1.807, 2.05) is 6.20 Å². The first kappa shape index (κ1) is 17.1. The summed E-state index contributed by atoms with van der Waals surface area (Å²) in [5.41, 5.74) is 5.65. The van der Waals surface area contributed by atoms with Gasteiger partial charge >= 0.3 is 0 Å². The molecule has 4 heterocycles. The lowest BCUT2D eigenvalue weighted by molar-refractivity contribution is 0.227. The maximum absolute atomic E-state index is 6.71. The maximum atomic E-state index is 6.71. The molecule has 5 heteroatoms. The minimum atomic E-state index is 0.593. The molecule has 1 saturated carbocycles. The molecule has 0 unspecified atom stereocenters. The Kier molecular flexibility index (Phi) is 4.54. The van der Waals surface area contributed by atoms with Gasteiger partial charge < -0.3 is 9.88 Å². The average Bonchev–Trinajstić information content (AvgIpc) is 3.38. The van der Waals surface area contributed by atoms with Crippen LogP contribution in [0.2, 0.25) is 0 Å². The van der Waals surface area contributed by atoms with Crippen LogP contribution in [0.4, 0.5) is 0 Å². The second kappa shape index (κ2) is 7.17. The Bertz CT molecular complexity index is 1010. The molecule has 0 radical (unpaired) electrons. The van der Waals surface area contributed by atoms with Gasteiger partial charge in [-0.15, -0.1) is 0 Å². The predicted molar refractivity (Wildman–Crippen MR) is 115 cm³/mol. The third-order valence-electron chi connectivity index (χ3n) is 5.77. The Labute approximate surface area is 168 Å². The van der Waals surface area contributed by atoms with Crippen LogP contribution in [0.1, 0.15) is 37.7 Å². The van der Waals surface area contributed by atoms with E-state index < -0.39 is 0 Å². The number of aromatic amines is 1. The fraction of sp³-hybridized carbons (Fsp3) is 0.318. The molecule has 3 nitrogen and oxygen atoms in total. The minimum Gasteiger partial charge on any atom is -0.356 e. The zero-order valence-corrected chi connectivity index (χ0v) is 16.7. The maximum Gasteiger partial charge on any atom is 0.137 e. The van der Waals surface area contributed by atoms with Crippen molar-refractivity contribution in [2.75, 3.05) is 6.54 Å². The molecule has 0 aromatic carbocycles. The highest BCUT2D eigenvalue weighted by atomic mass is 35.5. The van der Waals surface area contributed by atoms with Gasteiger partial charge in [0.05, 0.1) is 0 Å². The van der Waals surface area contributed by atoms with Crippen LogP contribution in [0.25, 0.3) is 27.7 Å². The topological polar surface area (TPSA) is 31.9 Å². The molecule has 1 fully saturated rings. The zero-order chi connectivity index (χ0) is 18.2. The highest BCUT2D eigenvalue weighted by Gasteiger charge is 2.24. The third kappa shape index (κ3) is 3.21. The summed E-state index contributed by atoms with van der Waals surface area (Å²) in [7, 11) is 0. The molecule has 0 saturated heterocycles. The molecule has 1 aliphatic heterocycles. The van der Waals surface area contributed by atoms with Gasteiger partial charge in [0.25, 0.3) is 0 Å². The minimum absolute atomic E-state index is 0.593. The molecule has 3 aromatic heterocycles. The molecule has 0 atom stereocenters. The van der Waals surface area contributed by atoms with Gasteiger partial charge in [-0.3, -0.25) is 0 Å². The second-order valence-corrected chi connectivity index (χ2v) is 8.57. The molecule has 0 amide bonds. The van der Waals surface area contributed by atoms with E-state index in [1.165, 1.54) is 48.8 Å². The molecule has 0 spiro atoms. The van der Waals surface area contributed by atoms with Crippen molar-refractivity contribution >= 4 is 39.5 Å². The highest BCUT2D eigenvalue weighted by molar-refractivity contribution is 7.08. The van der Waals surface area contributed by atoms with Crippen LogP contribution in [-0.2, 0) is 0 Å². The SMILES string of the molecule is ClC1=CC(c2c[nH]c3ncc(-c4ccsc4)cc23)=CCN1C1CCCCC1. The van der Waals surface area contributed by atoms with Crippen LogP contribution in [0.15, 0.2) is 52.6 Å². The Hall–Kier alpha value is -2.04. The molecule has 2 aliphatic rings. The van der Waals surface area contributed by atoms with Gasteiger partial charge in [-0.1, -0.05) is 36.9 Å². The lowest BCUT2D eigenvalue weighted by Gasteiger charge is -2.36. The number of thiophene rings is 1. The number of halogens is 1. The van der Waals surface area contributed by atoms with Crippen molar-refractivity contribution < 1.29 is 0 Å². The monoisotopic (exact) mass is 395 g/mol. The van der Waals surface area contributed by atoms with Crippen molar-refractivity contribution in [2.45, 2.75) is 38.1 Å². The van der Waals surface area contributed by atoms with Crippen LogP contribution < -0.4 is 0 Å². The molecule has 1 N–H and O–H groups in total. The number of pyridine rings is 1. The lowest BCUT2D eigenvalue weighted by Crippen LogP contribution is -2.36. The number of aromatic nitrogens is 2. The van der Waals surface area contributed by atoms with Crippen molar-refractivity contribution in [2.24, 2.45) is 0 Å². The molecule has 138 valence electrons. The van der Waals surface area contributed by atoms with E-state index in [-0.39, 0.29) is 0 Å². The normalized spacial score (nSPS) is 18.6. The smallest absolute Gasteiger partial charge is 0.137 e. The molecule has 27 heavy (non-hydrogen) atoms. The summed E-state index contributed by atoms with van der Waals surface area (Å²) in [6, 6.07) is 4.96. The van der Waals surface area contributed by atoms with Crippen LogP contribution in [0.5, 0.6) is 0 Å².